The van der Waals surface area contributed by atoms with Crippen LogP contribution in [-0.4, -0.2) is 30.1 Å². The number of rotatable bonds is 12. The predicted molar refractivity (Wildman–Crippen MR) is 126 cm³/mol. The minimum absolute atomic E-state index is 0.183. The second-order valence-electron chi connectivity index (χ2n) is 8.66. The van der Waals surface area contributed by atoms with Gasteiger partial charge in [0, 0.05) is 0 Å². The number of carbonyl (C=O) groups excluding carboxylic acids is 1. The number of unbranched alkanes of at least 4 members (excludes halogenated alkanes) is 3. The average molecular weight is 394 g/mol. The molecule has 27 heavy (non-hydrogen) atoms. The summed E-state index contributed by atoms with van der Waals surface area (Å²) in [5, 5.41) is 3.34. The molecule has 1 aromatic rings. The third-order valence-corrected chi connectivity index (χ3v) is 12.5. The van der Waals surface area contributed by atoms with Crippen molar-refractivity contribution in [1.29, 1.82) is 0 Å². The summed E-state index contributed by atoms with van der Waals surface area (Å²) >= 11 is 0. The summed E-state index contributed by atoms with van der Waals surface area (Å²) in [6, 6.07) is 4.34. The van der Waals surface area contributed by atoms with Crippen molar-refractivity contribution in [2.75, 3.05) is 23.8 Å². The quantitative estimate of drug-likeness (QED) is 0.377. The van der Waals surface area contributed by atoms with Gasteiger partial charge in [0.25, 0.3) is 0 Å². The van der Waals surface area contributed by atoms with E-state index in [1.165, 1.54) is 73.7 Å². The van der Waals surface area contributed by atoms with Gasteiger partial charge in [-0.2, -0.15) is 0 Å². The van der Waals surface area contributed by atoms with Gasteiger partial charge in [-0.3, -0.25) is 0 Å². The monoisotopic (exact) mass is 393 g/mol. The summed E-state index contributed by atoms with van der Waals surface area (Å²) in [5.41, 5.74) is 4.82. The molecule has 0 aliphatic rings. The molecule has 1 N–H and O–H groups in total. The van der Waals surface area contributed by atoms with Crippen molar-refractivity contribution in [2.45, 2.75) is 92.7 Å². The van der Waals surface area contributed by atoms with Crippen LogP contribution >= 0.6 is 7.26 Å². The molecule has 1 unspecified atom stereocenters. The molecule has 0 aliphatic carbocycles. The summed E-state index contributed by atoms with van der Waals surface area (Å²) in [4.78, 5) is 13.4. The van der Waals surface area contributed by atoms with Gasteiger partial charge in [0.1, 0.15) is 0 Å². The normalized spacial score (nSPS) is 13.4. The molecule has 0 radical (unpaired) electrons. The van der Waals surface area contributed by atoms with E-state index in [1.54, 1.807) is 0 Å². The number of anilines is 1. The maximum atomic E-state index is 13.4. The van der Waals surface area contributed by atoms with Gasteiger partial charge in [0.2, 0.25) is 0 Å². The molecule has 0 saturated carbocycles. The molecule has 0 saturated heterocycles. The summed E-state index contributed by atoms with van der Waals surface area (Å²) in [6.45, 7) is 15.4. The van der Waals surface area contributed by atoms with Gasteiger partial charge in [0.05, 0.1) is 0 Å². The number of benzene rings is 1. The zero-order chi connectivity index (χ0) is 20.4. The topological polar surface area (TPSA) is 29.1 Å². The first kappa shape index (κ1) is 24.2. The fourth-order valence-electron chi connectivity index (χ4n) is 4.50. The molecule has 0 aliphatic heterocycles. The molecular weight excluding hydrogens is 349 g/mol. The van der Waals surface area contributed by atoms with Crippen LogP contribution in [0.15, 0.2) is 12.1 Å². The van der Waals surface area contributed by atoms with Crippen LogP contribution < -0.4 is 5.32 Å². The first-order chi connectivity index (χ1) is 12.8. The van der Waals surface area contributed by atoms with E-state index >= 15 is 0 Å². The number of nitrogens with one attached hydrogen (secondary N) is 1. The van der Waals surface area contributed by atoms with Crippen molar-refractivity contribution in [1.82, 2.24) is 0 Å². The van der Waals surface area contributed by atoms with E-state index in [0.29, 0.717) is 0 Å². The third kappa shape index (κ3) is 6.90. The van der Waals surface area contributed by atoms with Gasteiger partial charge in [-0.1, -0.05) is 0 Å². The zero-order valence-electron chi connectivity index (χ0n) is 19.0. The van der Waals surface area contributed by atoms with Crippen LogP contribution in [0.4, 0.5) is 5.69 Å². The van der Waals surface area contributed by atoms with Gasteiger partial charge in [-0.15, -0.1) is 0 Å². The van der Waals surface area contributed by atoms with E-state index in [2.05, 4.69) is 65.9 Å². The van der Waals surface area contributed by atoms with E-state index < -0.39 is 7.26 Å². The van der Waals surface area contributed by atoms with Crippen molar-refractivity contribution < 1.29 is 4.79 Å². The van der Waals surface area contributed by atoms with E-state index in [9.17, 15) is 4.79 Å². The van der Waals surface area contributed by atoms with Crippen molar-refractivity contribution in [3.8, 4) is 0 Å². The van der Waals surface area contributed by atoms with Crippen LogP contribution in [0, 0.1) is 20.8 Å². The van der Waals surface area contributed by atoms with Crippen LogP contribution in [0.1, 0.15) is 82.9 Å². The Bertz CT molecular complexity index is 551. The van der Waals surface area contributed by atoms with E-state index in [-0.39, 0.29) is 11.6 Å². The summed E-state index contributed by atoms with van der Waals surface area (Å²) in [5.74, 6) is 0.264. The second kappa shape index (κ2) is 11.8. The maximum absolute atomic E-state index is 13.4. The zero-order valence-corrected chi connectivity index (χ0v) is 20.0. The number of carbonyl (C=O) groups is 1. The molecule has 1 rings (SSSR count). The Hall–Kier alpha value is -0.880. The summed E-state index contributed by atoms with van der Waals surface area (Å²) in [7, 11) is -1.64. The van der Waals surface area contributed by atoms with Crippen LogP contribution in [0.5, 0.6) is 0 Å². The molecule has 0 bridgehead atoms. The molecule has 2 nitrogen and oxygen atoms in total. The Morgan fingerprint density at radius 3 is 1.67 bits per heavy atom. The molecule has 0 heterocycles. The molecule has 1 aromatic carbocycles. The Balaban J connectivity index is 3.10. The van der Waals surface area contributed by atoms with Crippen molar-refractivity contribution in [3.63, 3.8) is 0 Å². The SMILES string of the molecule is CCCC[PH](CCCC)(CCCC)C(C)C(=O)Nc1c(C)cc(C)cc1C. The van der Waals surface area contributed by atoms with Crippen LogP contribution in [-0.2, 0) is 4.79 Å². The Kier molecular flexibility index (Phi) is 10.6. The molecule has 0 spiro atoms. The molecule has 0 aromatic heterocycles. The number of amides is 1. The molecule has 1 amide bonds. The minimum atomic E-state index is -1.64. The first-order valence-electron chi connectivity index (χ1n) is 11.2. The Labute approximate surface area is 169 Å². The van der Waals surface area contributed by atoms with E-state index in [4.69, 9.17) is 0 Å². The summed E-state index contributed by atoms with van der Waals surface area (Å²) in [6.07, 6.45) is 11.5. The fraction of sp³-hybridized carbons (Fsp3) is 0.708. The number of hydrogen-bond acceptors (Lipinski definition) is 1. The van der Waals surface area contributed by atoms with Crippen molar-refractivity contribution >= 4 is 18.9 Å². The van der Waals surface area contributed by atoms with Gasteiger partial charge in [0.15, 0.2) is 0 Å². The van der Waals surface area contributed by atoms with Gasteiger partial charge < -0.3 is 0 Å². The molecular formula is C24H44NOP. The molecule has 0 fully saturated rings. The van der Waals surface area contributed by atoms with E-state index in [0.717, 1.165) is 5.69 Å². The van der Waals surface area contributed by atoms with Gasteiger partial charge in [-0.05, 0) is 0 Å². The standard InChI is InChI=1S/C24H44NOP/c1-8-11-14-27(15-12-9-2,16-13-10-3)22(7)24(26)25-23-20(5)17-19(4)18-21(23)6/h17-18,22,27H,8-16H2,1-7H3,(H,25,26). The van der Waals surface area contributed by atoms with Crippen LogP contribution in [0.3, 0.4) is 0 Å². The van der Waals surface area contributed by atoms with Crippen LogP contribution in [0.2, 0.25) is 0 Å². The van der Waals surface area contributed by atoms with E-state index in [1.807, 2.05) is 0 Å². The summed E-state index contributed by atoms with van der Waals surface area (Å²) < 4.78 is 0. The fourth-order valence-corrected chi connectivity index (χ4v) is 10.3. The Morgan fingerprint density at radius 1 is 0.889 bits per heavy atom. The molecule has 1 atom stereocenters. The van der Waals surface area contributed by atoms with Crippen molar-refractivity contribution in [2.24, 2.45) is 0 Å². The molecule has 156 valence electrons. The predicted octanol–water partition coefficient (Wildman–Crippen LogP) is 7.09. The van der Waals surface area contributed by atoms with Crippen molar-refractivity contribution in [3.05, 3.63) is 28.8 Å². The number of hydrogen-bond donors (Lipinski definition) is 1. The first-order valence-corrected chi connectivity index (χ1v) is 13.9. The van der Waals surface area contributed by atoms with Gasteiger partial charge in [-0.25, -0.2) is 0 Å². The second-order valence-corrected chi connectivity index (χ2v) is 13.7. The average Bonchev–Trinajstić information content (AvgIpc) is 2.63. The third-order valence-electron chi connectivity index (χ3n) is 6.32. The Morgan fingerprint density at radius 2 is 1.30 bits per heavy atom. The number of aryl methyl sites for hydroxylation is 3. The molecule has 3 heteroatoms. The van der Waals surface area contributed by atoms with Crippen LogP contribution in [0.25, 0.3) is 0 Å². The van der Waals surface area contributed by atoms with Gasteiger partial charge >= 0.3 is 169 Å².